The number of rotatable bonds is 4. The summed E-state index contributed by atoms with van der Waals surface area (Å²) in [6, 6.07) is 7.58. The topological polar surface area (TPSA) is 88.5 Å². The first-order valence-electron chi connectivity index (χ1n) is 8.37. The van der Waals surface area contributed by atoms with Crippen LogP contribution < -0.4 is 5.32 Å². The Bertz CT molecular complexity index is 950. The molecular formula is C18H20N6O. The quantitative estimate of drug-likeness (QED) is 0.766. The number of benzene rings is 1. The summed E-state index contributed by atoms with van der Waals surface area (Å²) >= 11 is 0. The molecule has 1 amide bonds. The zero-order valence-electron chi connectivity index (χ0n) is 14.5. The molecule has 7 nitrogen and oxygen atoms in total. The number of hydrogen-bond acceptors (Lipinski definition) is 4. The van der Waals surface area contributed by atoms with E-state index in [1.807, 2.05) is 45.2 Å². The van der Waals surface area contributed by atoms with Gasteiger partial charge in [0.05, 0.1) is 11.3 Å². The van der Waals surface area contributed by atoms with Crippen LogP contribution >= 0.6 is 0 Å². The average molecular weight is 336 g/mol. The number of aromatic amines is 1. The molecule has 0 saturated heterocycles. The van der Waals surface area contributed by atoms with Crippen molar-refractivity contribution in [2.24, 2.45) is 7.05 Å². The fraction of sp³-hybridized carbons (Fsp3) is 0.333. The van der Waals surface area contributed by atoms with E-state index in [1.165, 1.54) is 12.8 Å². The van der Waals surface area contributed by atoms with Gasteiger partial charge in [0.1, 0.15) is 5.82 Å². The second-order valence-electron chi connectivity index (χ2n) is 6.52. The molecule has 2 N–H and O–H groups in total. The summed E-state index contributed by atoms with van der Waals surface area (Å²) in [5.41, 5.74) is 3.76. The van der Waals surface area contributed by atoms with Gasteiger partial charge in [-0.25, -0.2) is 4.98 Å². The second-order valence-corrected chi connectivity index (χ2v) is 6.52. The fourth-order valence-electron chi connectivity index (χ4n) is 2.97. The average Bonchev–Trinajstić information content (AvgIpc) is 3.25. The normalized spacial score (nSPS) is 13.9. The molecule has 25 heavy (non-hydrogen) atoms. The van der Waals surface area contributed by atoms with Crippen LogP contribution in [0.15, 0.2) is 24.3 Å². The number of nitrogens with zero attached hydrogens (tertiary/aromatic N) is 4. The zero-order chi connectivity index (χ0) is 17.6. The Morgan fingerprint density at radius 3 is 2.80 bits per heavy atom. The highest BCUT2D eigenvalue weighted by atomic mass is 16.1. The van der Waals surface area contributed by atoms with Gasteiger partial charge in [0.2, 0.25) is 0 Å². The van der Waals surface area contributed by atoms with Crippen LogP contribution in [0.2, 0.25) is 0 Å². The van der Waals surface area contributed by atoms with Crippen LogP contribution in [-0.2, 0) is 7.05 Å². The number of aryl methyl sites for hydroxylation is 2. The molecule has 0 unspecified atom stereocenters. The Hall–Kier alpha value is -2.96. The maximum atomic E-state index is 12.6. The molecule has 0 bridgehead atoms. The number of hydrogen-bond donors (Lipinski definition) is 2. The minimum absolute atomic E-state index is 0.158. The zero-order valence-corrected chi connectivity index (χ0v) is 14.5. The van der Waals surface area contributed by atoms with E-state index in [-0.39, 0.29) is 5.91 Å². The molecule has 7 heteroatoms. The van der Waals surface area contributed by atoms with E-state index in [4.69, 9.17) is 0 Å². The van der Waals surface area contributed by atoms with Gasteiger partial charge in [-0.15, -0.1) is 0 Å². The Morgan fingerprint density at radius 1 is 1.32 bits per heavy atom. The number of carbonyl (C=O) groups excluding carboxylic acids is 1. The van der Waals surface area contributed by atoms with Crippen molar-refractivity contribution in [3.05, 3.63) is 47.0 Å². The number of nitrogens with one attached hydrogen (secondary N) is 2. The van der Waals surface area contributed by atoms with Gasteiger partial charge >= 0.3 is 0 Å². The molecule has 1 saturated carbocycles. The van der Waals surface area contributed by atoms with Crippen molar-refractivity contribution in [3.63, 3.8) is 0 Å². The standard InChI is InChI=1S/C18H20N6O/c1-10-15(11(2)24(3)23-10)18(25)19-14-6-4-5-13(9-14)17-20-16(21-22-17)12-7-8-12/h4-6,9,12H,7-8H2,1-3H3,(H,19,25)(H,20,21,22). The number of aromatic nitrogens is 5. The number of anilines is 1. The second kappa shape index (κ2) is 5.84. The maximum Gasteiger partial charge on any atom is 0.259 e. The van der Waals surface area contributed by atoms with E-state index in [9.17, 15) is 4.79 Å². The van der Waals surface area contributed by atoms with Gasteiger partial charge in [0, 0.05) is 29.9 Å². The molecule has 3 aromatic rings. The molecule has 0 spiro atoms. The lowest BCUT2D eigenvalue weighted by atomic mass is 10.1. The molecule has 1 aromatic carbocycles. The minimum atomic E-state index is -0.158. The van der Waals surface area contributed by atoms with E-state index in [2.05, 4.69) is 25.6 Å². The molecule has 0 radical (unpaired) electrons. The highest BCUT2D eigenvalue weighted by Gasteiger charge is 2.27. The largest absolute Gasteiger partial charge is 0.322 e. The van der Waals surface area contributed by atoms with Crippen LogP contribution in [0.3, 0.4) is 0 Å². The van der Waals surface area contributed by atoms with E-state index >= 15 is 0 Å². The summed E-state index contributed by atoms with van der Waals surface area (Å²) in [7, 11) is 1.83. The van der Waals surface area contributed by atoms with Gasteiger partial charge in [0.15, 0.2) is 5.82 Å². The van der Waals surface area contributed by atoms with Crippen LogP contribution in [0.4, 0.5) is 5.69 Å². The highest BCUT2D eigenvalue weighted by Crippen LogP contribution is 2.38. The number of H-pyrrole nitrogens is 1. The molecule has 4 rings (SSSR count). The van der Waals surface area contributed by atoms with Crippen LogP contribution in [0.1, 0.15) is 46.3 Å². The SMILES string of the molecule is Cc1nn(C)c(C)c1C(=O)Nc1cccc(-c2n[nH]c(C3CC3)n2)c1. The summed E-state index contributed by atoms with van der Waals surface area (Å²) in [6.07, 6.45) is 2.35. The van der Waals surface area contributed by atoms with Crippen molar-refractivity contribution < 1.29 is 4.79 Å². The first kappa shape index (κ1) is 15.6. The lowest BCUT2D eigenvalue weighted by molar-refractivity contribution is 0.102. The lowest BCUT2D eigenvalue weighted by Crippen LogP contribution is -2.14. The van der Waals surface area contributed by atoms with Gasteiger partial charge in [-0.2, -0.15) is 10.2 Å². The van der Waals surface area contributed by atoms with E-state index in [0.717, 1.165) is 22.8 Å². The molecule has 2 heterocycles. The van der Waals surface area contributed by atoms with Crippen molar-refractivity contribution in [2.45, 2.75) is 32.6 Å². The molecular weight excluding hydrogens is 316 g/mol. The highest BCUT2D eigenvalue weighted by molar-refractivity contribution is 6.06. The third kappa shape index (κ3) is 2.93. The summed E-state index contributed by atoms with van der Waals surface area (Å²) in [4.78, 5) is 17.2. The van der Waals surface area contributed by atoms with Crippen LogP contribution in [0.5, 0.6) is 0 Å². The van der Waals surface area contributed by atoms with Crippen molar-refractivity contribution in [3.8, 4) is 11.4 Å². The fourth-order valence-corrected chi connectivity index (χ4v) is 2.97. The summed E-state index contributed by atoms with van der Waals surface area (Å²) in [5.74, 6) is 1.98. The maximum absolute atomic E-state index is 12.6. The third-order valence-corrected chi connectivity index (χ3v) is 4.58. The first-order valence-corrected chi connectivity index (χ1v) is 8.37. The van der Waals surface area contributed by atoms with E-state index in [0.29, 0.717) is 23.0 Å². The molecule has 2 aromatic heterocycles. The van der Waals surface area contributed by atoms with Crippen molar-refractivity contribution in [1.82, 2.24) is 25.0 Å². The van der Waals surface area contributed by atoms with Gasteiger partial charge in [0.25, 0.3) is 5.91 Å². The predicted octanol–water partition coefficient (Wildman–Crippen LogP) is 2.95. The Morgan fingerprint density at radius 2 is 2.12 bits per heavy atom. The van der Waals surface area contributed by atoms with Gasteiger partial charge in [-0.1, -0.05) is 12.1 Å². The molecule has 0 aliphatic heterocycles. The number of amides is 1. The third-order valence-electron chi connectivity index (χ3n) is 4.58. The monoisotopic (exact) mass is 336 g/mol. The molecule has 128 valence electrons. The summed E-state index contributed by atoms with van der Waals surface area (Å²) < 4.78 is 1.72. The van der Waals surface area contributed by atoms with Gasteiger partial charge < -0.3 is 5.32 Å². The summed E-state index contributed by atoms with van der Waals surface area (Å²) in [6.45, 7) is 3.73. The van der Waals surface area contributed by atoms with Gasteiger partial charge in [-0.05, 0) is 38.8 Å². The Kier molecular flexibility index (Phi) is 3.63. The molecule has 1 aliphatic carbocycles. The van der Waals surface area contributed by atoms with Crippen LogP contribution in [0, 0.1) is 13.8 Å². The smallest absolute Gasteiger partial charge is 0.259 e. The lowest BCUT2D eigenvalue weighted by Gasteiger charge is -2.07. The van der Waals surface area contributed by atoms with Crippen molar-refractivity contribution in [2.75, 3.05) is 5.32 Å². The predicted molar refractivity (Wildman–Crippen MR) is 94.4 cm³/mol. The molecule has 1 aliphatic rings. The Balaban J connectivity index is 1.57. The first-order chi connectivity index (χ1) is 12.0. The van der Waals surface area contributed by atoms with Crippen molar-refractivity contribution >= 4 is 11.6 Å². The van der Waals surface area contributed by atoms with E-state index in [1.54, 1.807) is 4.68 Å². The van der Waals surface area contributed by atoms with E-state index < -0.39 is 0 Å². The molecule has 1 fully saturated rings. The van der Waals surface area contributed by atoms with Crippen LogP contribution in [0.25, 0.3) is 11.4 Å². The summed E-state index contributed by atoms with van der Waals surface area (Å²) in [5, 5.41) is 14.5. The van der Waals surface area contributed by atoms with Crippen LogP contribution in [-0.4, -0.2) is 30.9 Å². The Labute approximate surface area is 145 Å². The number of carbonyl (C=O) groups is 1. The van der Waals surface area contributed by atoms with Gasteiger partial charge in [-0.3, -0.25) is 14.6 Å². The van der Waals surface area contributed by atoms with Crippen molar-refractivity contribution in [1.29, 1.82) is 0 Å². The molecule has 0 atom stereocenters. The minimum Gasteiger partial charge on any atom is -0.322 e.